The molecule has 0 saturated heterocycles. The average molecular weight is 390 g/mol. The third-order valence-corrected chi connectivity index (χ3v) is 5.98. The average Bonchev–Trinajstić information content (AvgIpc) is 2.92. The number of sulfonamides is 1. The molecule has 0 aliphatic carbocycles. The lowest BCUT2D eigenvalue weighted by Gasteiger charge is -2.06. The van der Waals surface area contributed by atoms with Gasteiger partial charge in [-0.2, -0.15) is 4.72 Å². The Bertz CT molecular complexity index is 713. The third kappa shape index (κ3) is 4.92. The van der Waals surface area contributed by atoms with E-state index < -0.39 is 22.5 Å². The summed E-state index contributed by atoms with van der Waals surface area (Å²) in [5, 5.41) is 0. The minimum absolute atomic E-state index is 0.117. The molecule has 1 aromatic carbocycles. The highest BCUT2D eigenvalue weighted by Crippen LogP contribution is 2.25. The molecule has 0 amide bonds. The van der Waals surface area contributed by atoms with E-state index in [1.165, 1.54) is 6.07 Å². The van der Waals surface area contributed by atoms with Crippen LogP contribution in [-0.4, -0.2) is 20.9 Å². The van der Waals surface area contributed by atoms with E-state index in [0.29, 0.717) is 3.79 Å². The summed E-state index contributed by atoms with van der Waals surface area (Å²) < 4.78 is 31.8. The molecular weight excluding hydrogens is 378 g/mol. The van der Waals surface area contributed by atoms with E-state index in [9.17, 15) is 13.2 Å². The topological polar surface area (TPSA) is 72.5 Å². The number of carbonyl (C=O) groups excluding carboxylic acids is 1. The number of thiophene rings is 1. The number of rotatable bonds is 6. The normalized spacial score (nSPS) is 11.3. The molecule has 21 heavy (non-hydrogen) atoms. The van der Waals surface area contributed by atoms with Crippen molar-refractivity contribution in [1.29, 1.82) is 0 Å². The SMILES string of the molecule is O=C(CNS(=O)(=O)c1ccc(Br)s1)OCc1ccccc1. The Morgan fingerprint density at radius 3 is 2.52 bits per heavy atom. The summed E-state index contributed by atoms with van der Waals surface area (Å²) in [6.45, 7) is -0.281. The molecule has 0 aliphatic heterocycles. The van der Waals surface area contributed by atoms with Gasteiger partial charge in [-0.05, 0) is 33.6 Å². The maximum absolute atomic E-state index is 11.9. The number of ether oxygens (including phenoxy) is 1. The smallest absolute Gasteiger partial charge is 0.321 e. The van der Waals surface area contributed by atoms with Crippen molar-refractivity contribution >= 4 is 43.3 Å². The molecule has 1 heterocycles. The lowest BCUT2D eigenvalue weighted by Crippen LogP contribution is -2.30. The molecule has 1 aromatic heterocycles. The molecule has 2 rings (SSSR count). The summed E-state index contributed by atoms with van der Waals surface area (Å²) in [7, 11) is -3.68. The molecular formula is C13H12BrNO4S2. The van der Waals surface area contributed by atoms with Crippen LogP contribution in [0.2, 0.25) is 0 Å². The van der Waals surface area contributed by atoms with E-state index in [2.05, 4.69) is 20.7 Å². The number of esters is 1. The van der Waals surface area contributed by atoms with E-state index in [1.54, 1.807) is 6.07 Å². The number of nitrogens with one attached hydrogen (secondary N) is 1. The van der Waals surface area contributed by atoms with Gasteiger partial charge in [0, 0.05) is 0 Å². The Morgan fingerprint density at radius 1 is 1.19 bits per heavy atom. The Hall–Kier alpha value is -1.22. The molecule has 0 radical (unpaired) electrons. The van der Waals surface area contributed by atoms with Gasteiger partial charge in [-0.15, -0.1) is 11.3 Å². The second kappa shape index (κ2) is 7.17. The van der Waals surface area contributed by atoms with E-state index in [-0.39, 0.29) is 10.8 Å². The van der Waals surface area contributed by atoms with Crippen molar-refractivity contribution in [2.75, 3.05) is 6.54 Å². The maximum Gasteiger partial charge on any atom is 0.321 e. The molecule has 0 fully saturated rings. The lowest BCUT2D eigenvalue weighted by molar-refractivity contribution is -0.143. The van der Waals surface area contributed by atoms with Gasteiger partial charge in [0.1, 0.15) is 17.4 Å². The maximum atomic E-state index is 11.9. The highest BCUT2D eigenvalue weighted by molar-refractivity contribution is 9.11. The molecule has 8 heteroatoms. The van der Waals surface area contributed by atoms with Gasteiger partial charge in [-0.3, -0.25) is 4.79 Å². The van der Waals surface area contributed by atoms with Crippen LogP contribution in [0.1, 0.15) is 5.56 Å². The Kier molecular flexibility index (Phi) is 5.51. The van der Waals surface area contributed by atoms with Crippen LogP contribution in [0.3, 0.4) is 0 Å². The number of hydrogen-bond acceptors (Lipinski definition) is 5. The largest absolute Gasteiger partial charge is 0.460 e. The predicted molar refractivity (Wildman–Crippen MR) is 83.4 cm³/mol. The molecule has 2 aromatic rings. The highest BCUT2D eigenvalue weighted by Gasteiger charge is 2.18. The number of carbonyl (C=O) groups is 1. The molecule has 0 aliphatic rings. The summed E-state index contributed by atoms with van der Waals surface area (Å²) in [6.07, 6.45) is 0. The highest BCUT2D eigenvalue weighted by atomic mass is 79.9. The van der Waals surface area contributed by atoms with Gasteiger partial charge in [0.25, 0.3) is 10.0 Å². The lowest BCUT2D eigenvalue weighted by atomic mass is 10.2. The fraction of sp³-hybridized carbons (Fsp3) is 0.154. The first-order valence-corrected chi connectivity index (χ1v) is 9.01. The molecule has 0 spiro atoms. The van der Waals surface area contributed by atoms with E-state index in [4.69, 9.17) is 4.74 Å². The van der Waals surface area contributed by atoms with Crippen molar-refractivity contribution in [2.45, 2.75) is 10.8 Å². The molecule has 0 unspecified atom stereocenters. The minimum atomic E-state index is -3.68. The van der Waals surface area contributed by atoms with Crippen LogP contribution < -0.4 is 4.72 Å². The fourth-order valence-corrected chi connectivity index (χ4v) is 4.48. The van der Waals surface area contributed by atoms with Crippen molar-refractivity contribution in [3.05, 3.63) is 51.8 Å². The summed E-state index contributed by atoms with van der Waals surface area (Å²) in [4.78, 5) is 11.5. The van der Waals surface area contributed by atoms with Crippen LogP contribution in [-0.2, 0) is 26.2 Å². The zero-order chi connectivity index (χ0) is 15.3. The Balaban J connectivity index is 1.84. The van der Waals surface area contributed by atoms with Crippen molar-refractivity contribution < 1.29 is 17.9 Å². The zero-order valence-electron chi connectivity index (χ0n) is 10.8. The molecule has 0 bridgehead atoms. The van der Waals surface area contributed by atoms with Crippen LogP contribution in [0.5, 0.6) is 0 Å². The van der Waals surface area contributed by atoms with Crippen LogP contribution in [0, 0.1) is 0 Å². The van der Waals surface area contributed by atoms with Crippen LogP contribution in [0.15, 0.2) is 50.5 Å². The Morgan fingerprint density at radius 2 is 1.90 bits per heavy atom. The minimum Gasteiger partial charge on any atom is -0.460 e. The second-order valence-corrected chi connectivity index (χ2v) is 8.49. The van der Waals surface area contributed by atoms with Gasteiger partial charge >= 0.3 is 5.97 Å². The number of benzene rings is 1. The fourth-order valence-electron chi connectivity index (χ4n) is 1.46. The predicted octanol–water partition coefficient (Wildman–Crippen LogP) is 2.53. The second-order valence-electron chi connectivity index (χ2n) is 4.03. The molecule has 0 atom stereocenters. The number of hydrogen-bond donors (Lipinski definition) is 1. The summed E-state index contributed by atoms with van der Waals surface area (Å²) in [6, 6.07) is 12.3. The first-order valence-electron chi connectivity index (χ1n) is 5.92. The van der Waals surface area contributed by atoms with Crippen LogP contribution in [0.25, 0.3) is 0 Å². The third-order valence-electron chi connectivity index (χ3n) is 2.46. The van der Waals surface area contributed by atoms with Gasteiger partial charge < -0.3 is 4.74 Å². The van der Waals surface area contributed by atoms with Crippen molar-refractivity contribution in [3.63, 3.8) is 0 Å². The zero-order valence-corrected chi connectivity index (χ0v) is 14.0. The van der Waals surface area contributed by atoms with Gasteiger partial charge in [-0.25, -0.2) is 8.42 Å². The Labute approximate surface area is 135 Å². The first kappa shape index (κ1) is 16.2. The van der Waals surface area contributed by atoms with Gasteiger partial charge in [0.05, 0.1) is 3.79 Å². The standard InChI is InChI=1S/C13H12BrNO4S2/c14-11-6-7-13(20-11)21(17,18)15-8-12(16)19-9-10-4-2-1-3-5-10/h1-7,15H,8-9H2. The molecule has 0 saturated carbocycles. The molecule has 112 valence electrons. The monoisotopic (exact) mass is 389 g/mol. The quantitative estimate of drug-likeness (QED) is 0.770. The van der Waals surface area contributed by atoms with E-state index >= 15 is 0 Å². The van der Waals surface area contributed by atoms with Crippen LogP contribution in [0.4, 0.5) is 0 Å². The summed E-state index contributed by atoms with van der Waals surface area (Å²) >= 11 is 4.26. The summed E-state index contributed by atoms with van der Waals surface area (Å²) in [5.41, 5.74) is 0.843. The van der Waals surface area contributed by atoms with E-state index in [0.717, 1.165) is 16.9 Å². The summed E-state index contributed by atoms with van der Waals surface area (Å²) in [5.74, 6) is -0.627. The van der Waals surface area contributed by atoms with Gasteiger partial charge in [0.2, 0.25) is 0 Å². The van der Waals surface area contributed by atoms with Crippen LogP contribution >= 0.6 is 27.3 Å². The number of halogens is 1. The van der Waals surface area contributed by atoms with Gasteiger partial charge in [-0.1, -0.05) is 30.3 Å². The van der Waals surface area contributed by atoms with Crippen molar-refractivity contribution in [2.24, 2.45) is 0 Å². The first-order chi connectivity index (χ1) is 9.97. The van der Waals surface area contributed by atoms with Crippen molar-refractivity contribution in [3.8, 4) is 0 Å². The van der Waals surface area contributed by atoms with E-state index in [1.807, 2.05) is 30.3 Å². The molecule has 5 nitrogen and oxygen atoms in total. The molecule has 1 N–H and O–H groups in total. The van der Waals surface area contributed by atoms with Crippen molar-refractivity contribution in [1.82, 2.24) is 4.72 Å². The van der Waals surface area contributed by atoms with Gasteiger partial charge in [0.15, 0.2) is 0 Å².